The summed E-state index contributed by atoms with van der Waals surface area (Å²) >= 11 is 0. The maximum absolute atomic E-state index is 13.6. The Hall–Kier alpha value is -2.82. The quantitative estimate of drug-likeness (QED) is 0.678. The molecule has 5 rings (SSSR count). The number of hydrogen-bond acceptors (Lipinski definition) is 3. The zero-order valence-corrected chi connectivity index (χ0v) is 18.4. The maximum Gasteiger partial charge on any atom is 0.254 e. The molecule has 1 aliphatic carbocycles. The van der Waals surface area contributed by atoms with Crippen LogP contribution >= 0.6 is 0 Å². The molecule has 0 spiro atoms. The number of benzene rings is 2. The minimum atomic E-state index is -0.0493. The van der Waals surface area contributed by atoms with Crippen LogP contribution in [0.1, 0.15) is 54.2 Å². The number of fused-ring (bicyclic) bond motifs is 5. The predicted molar refractivity (Wildman–Crippen MR) is 118 cm³/mol. The van der Waals surface area contributed by atoms with E-state index in [2.05, 4.69) is 54.7 Å². The molecule has 1 amide bonds. The maximum atomic E-state index is 13.6. The standard InChI is InChI=1S/C25H29N3O2/c1-15-10-17-12-22-24(2,3)25(4,18(17)13-21(15)30-5)8-9-28(22)23(29)16-6-7-19-20(11-16)27-14-26-19/h6-7,10-11,13-14,22H,8-9,12H2,1-5H3,(H,26,27)/t22-,25+/m1/s1. The van der Waals surface area contributed by atoms with Crippen molar-refractivity contribution in [2.75, 3.05) is 13.7 Å². The number of methoxy groups -OCH3 is 1. The summed E-state index contributed by atoms with van der Waals surface area (Å²) in [7, 11) is 1.74. The van der Waals surface area contributed by atoms with E-state index >= 15 is 0 Å². The number of aryl methyl sites for hydroxylation is 1. The van der Waals surface area contributed by atoms with E-state index < -0.39 is 0 Å². The topological polar surface area (TPSA) is 58.2 Å². The van der Waals surface area contributed by atoms with Crippen LogP contribution in [0.15, 0.2) is 36.7 Å². The van der Waals surface area contributed by atoms with Gasteiger partial charge in [-0.15, -0.1) is 0 Å². The molecule has 0 saturated carbocycles. The summed E-state index contributed by atoms with van der Waals surface area (Å²) in [5.41, 5.74) is 6.34. The molecule has 2 heterocycles. The lowest BCUT2D eigenvalue weighted by atomic mass is 9.51. The number of amides is 1. The van der Waals surface area contributed by atoms with Crippen LogP contribution in [-0.4, -0.2) is 40.5 Å². The number of rotatable bonds is 2. The number of carbonyl (C=O) groups is 1. The molecule has 5 heteroatoms. The lowest BCUT2D eigenvalue weighted by Crippen LogP contribution is -2.64. The number of imidazole rings is 1. The Labute approximate surface area is 177 Å². The second-order valence-electron chi connectivity index (χ2n) is 9.64. The minimum Gasteiger partial charge on any atom is -0.496 e. The fourth-order valence-electron chi connectivity index (χ4n) is 5.76. The van der Waals surface area contributed by atoms with Gasteiger partial charge < -0.3 is 14.6 Å². The van der Waals surface area contributed by atoms with E-state index in [9.17, 15) is 4.79 Å². The van der Waals surface area contributed by atoms with Crippen molar-refractivity contribution in [3.05, 3.63) is 58.9 Å². The van der Waals surface area contributed by atoms with Gasteiger partial charge >= 0.3 is 0 Å². The van der Waals surface area contributed by atoms with Crippen molar-refractivity contribution in [3.8, 4) is 5.75 Å². The van der Waals surface area contributed by atoms with Crippen molar-refractivity contribution in [1.82, 2.24) is 14.9 Å². The number of aromatic amines is 1. The smallest absolute Gasteiger partial charge is 0.254 e. The summed E-state index contributed by atoms with van der Waals surface area (Å²) in [6.45, 7) is 9.87. The first-order valence-corrected chi connectivity index (χ1v) is 10.7. The van der Waals surface area contributed by atoms with Gasteiger partial charge in [-0.25, -0.2) is 4.98 Å². The molecule has 156 valence electrons. The Bertz CT molecular complexity index is 1160. The van der Waals surface area contributed by atoms with Crippen LogP contribution in [0.25, 0.3) is 11.0 Å². The summed E-state index contributed by atoms with van der Waals surface area (Å²) in [6.07, 6.45) is 3.48. The second kappa shape index (κ2) is 6.34. The molecule has 1 saturated heterocycles. The minimum absolute atomic E-state index is 0.00363. The third-order valence-corrected chi connectivity index (χ3v) is 8.04. The zero-order valence-electron chi connectivity index (χ0n) is 18.4. The highest BCUT2D eigenvalue weighted by Gasteiger charge is 2.57. The van der Waals surface area contributed by atoms with Crippen LogP contribution < -0.4 is 4.74 Å². The van der Waals surface area contributed by atoms with Crippen LogP contribution in [0.4, 0.5) is 0 Å². The van der Waals surface area contributed by atoms with Crippen LogP contribution in [0.3, 0.4) is 0 Å². The summed E-state index contributed by atoms with van der Waals surface area (Å²) in [6, 6.07) is 10.4. The molecule has 2 bridgehead atoms. The van der Waals surface area contributed by atoms with E-state index in [1.807, 2.05) is 18.2 Å². The monoisotopic (exact) mass is 403 g/mol. The fourth-order valence-corrected chi connectivity index (χ4v) is 5.76. The van der Waals surface area contributed by atoms with Gasteiger partial charge in [0.15, 0.2) is 0 Å². The molecule has 0 unspecified atom stereocenters. The number of piperidine rings is 1. The Morgan fingerprint density at radius 3 is 2.80 bits per heavy atom. The first kappa shape index (κ1) is 19.2. The first-order valence-electron chi connectivity index (χ1n) is 10.7. The molecule has 2 atom stereocenters. The van der Waals surface area contributed by atoms with Gasteiger partial charge in [-0.05, 0) is 66.1 Å². The van der Waals surface area contributed by atoms with Crippen molar-refractivity contribution in [2.45, 2.75) is 52.0 Å². The second-order valence-corrected chi connectivity index (χ2v) is 9.64. The Morgan fingerprint density at radius 2 is 2.03 bits per heavy atom. The van der Waals surface area contributed by atoms with E-state index in [1.54, 1.807) is 13.4 Å². The highest BCUT2D eigenvalue weighted by atomic mass is 16.5. The highest BCUT2D eigenvalue weighted by molar-refractivity contribution is 5.97. The van der Waals surface area contributed by atoms with Gasteiger partial charge in [-0.2, -0.15) is 0 Å². The van der Waals surface area contributed by atoms with Gasteiger partial charge in [0.05, 0.1) is 24.5 Å². The van der Waals surface area contributed by atoms with Gasteiger partial charge in [0.25, 0.3) is 5.91 Å². The number of likely N-dealkylation sites (tertiary alicyclic amines) is 1. The van der Waals surface area contributed by atoms with Crippen LogP contribution in [0, 0.1) is 12.3 Å². The Balaban J connectivity index is 1.57. The number of hydrogen-bond donors (Lipinski definition) is 1. The molecule has 1 aliphatic heterocycles. The molecule has 5 nitrogen and oxygen atoms in total. The van der Waals surface area contributed by atoms with E-state index in [0.717, 1.165) is 47.3 Å². The summed E-state index contributed by atoms with van der Waals surface area (Å²) < 4.78 is 5.63. The van der Waals surface area contributed by atoms with E-state index in [1.165, 1.54) is 11.1 Å². The molecule has 2 aromatic carbocycles. The molecule has 0 radical (unpaired) electrons. The number of carbonyl (C=O) groups excluding carboxylic acids is 1. The fraction of sp³-hybridized carbons (Fsp3) is 0.440. The largest absolute Gasteiger partial charge is 0.496 e. The number of ether oxygens (including phenoxy) is 1. The predicted octanol–water partition coefficient (Wildman–Crippen LogP) is 4.63. The number of H-pyrrole nitrogens is 1. The summed E-state index contributed by atoms with van der Waals surface area (Å²) in [4.78, 5) is 23.1. The summed E-state index contributed by atoms with van der Waals surface area (Å²) in [5, 5.41) is 0. The molecule has 3 aromatic rings. The van der Waals surface area contributed by atoms with E-state index in [0.29, 0.717) is 0 Å². The summed E-state index contributed by atoms with van der Waals surface area (Å²) in [5.74, 6) is 1.07. The van der Waals surface area contributed by atoms with Crippen molar-refractivity contribution in [1.29, 1.82) is 0 Å². The third-order valence-electron chi connectivity index (χ3n) is 8.04. The van der Waals surface area contributed by atoms with Crippen molar-refractivity contribution in [3.63, 3.8) is 0 Å². The molecule has 1 aromatic heterocycles. The van der Waals surface area contributed by atoms with Crippen LogP contribution in [-0.2, 0) is 11.8 Å². The molecule has 30 heavy (non-hydrogen) atoms. The Morgan fingerprint density at radius 1 is 1.23 bits per heavy atom. The van der Waals surface area contributed by atoms with Gasteiger partial charge in [0.2, 0.25) is 0 Å². The van der Waals surface area contributed by atoms with Crippen molar-refractivity contribution < 1.29 is 9.53 Å². The van der Waals surface area contributed by atoms with Crippen LogP contribution in [0.5, 0.6) is 5.75 Å². The lowest BCUT2D eigenvalue weighted by molar-refractivity contribution is -0.0263. The molecule has 2 aliphatic rings. The molecule has 1 fully saturated rings. The van der Waals surface area contributed by atoms with Crippen molar-refractivity contribution in [2.24, 2.45) is 5.41 Å². The third kappa shape index (κ3) is 2.47. The van der Waals surface area contributed by atoms with Gasteiger partial charge in [-0.1, -0.05) is 26.8 Å². The number of nitrogens with zero attached hydrogens (tertiary/aromatic N) is 2. The van der Waals surface area contributed by atoms with Gasteiger partial charge in [0.1, 0.15) is 5.75 Å². The zero-order chi connectivity index (χ0) is 21.3. The highest BCUT2D eigenvalue weighted by Crippen LogP contribution is 2.57. The average molecular weight is 404 g/mol. The van der Waals surface area contributed by atoms with Gasteiger partial charge in [0, 0.05) is 23.6 Å². The number of aromatic nitrogens is 2. The first-order chi connectivity index (χ1) is 14.3. The van der Waals surface area contributed by atoms with Gasteiger partial charge in [-0.3, -0.25) is 4.79 Å². The molecular formula is C25H29N3O2. The Kier molecular flexibility index (Phi) is 4.05. The van der Waals surface area contributed by atoms with E-state index in [-0.39, 0.29) is 22.8 Å². The molecular weight excluding hydrogens is 374 g/mol. The van der Waals surface area contributed by atoms with Crippen LogP contribution in [0.2, 0.25) is 0 Å². The normalized spacial score (nSPS) is 24.6. The van der Waals surface area contributed by atoms with Crippen molar-refractivity contribution >= 4 is 16.9 Å². The number of nitrogens with one attached hydrogen (secondary N) is 1. The molecule has 1 N–H and O–H groups in total. The average Bonchev–Trinajstić information content (AvgIpc) is 3.18. The lowest BCUT2D eigenvalue weighted by Gasteiger charge is -2.61. The van der Waals surface area contributed by atoms with E-state index in [4.69, 9.17) is 4.74 Å². The SMILES string of the molecule is COc1cc2c(cc1C)C[C@H]1N(C(=O)c3ccc4nc[nH]c4c3)CC[C@]2(C)C1(C)C.